The van der Waals surface area contributed by atoms with E-state index in [1.165, 1.54) is 0 Å². The summed E-state index contributed by atoms with van der Waals surface area (Å²) in [6.45, 7) is 0. The summed E-state index contributed by atoms with van der Waals surface area (Å²) in [7, 11) is -12.5. The summed E-state index contributed by atoms with van der Waals surface area (Å²) >= 11 is 0. The van der Waals surface area contributed by atoms with Crippen LogP contribution in [-0.4, -0.2) is 539 Å². The summed E-state index contributed by atoms with van der Waals surface area (Å²) in [5.41, 5.74) is 0. The minimum absolute atomic E-state index is 0. The second kappa shape index (κ2) is 128. The van der Waals surface area contributed by atoms with Gasteiger partial charge in [0.15, 0.2) is 0 Å². The smallest absolute Gasteiger partial charge is 1.00 e. The number of hydrogen-bond acceptors (Lipinski definition) is 4. The average Bonchev–Trinajstić information content (AvgIpc) is 1.76. The van der Waals surface area contributed by atoms with Crippen LogP contribution in [-0.2, 0) is 17.8 Å². The van der Waals surface area contributed by atoms with Gasteiger partial charge in [-0.3, -0.25) is 22.6 Å². The monoisotopic (exact) mass is 912 g/mol. The third kappa shape index (κ3) is 385. The molecule has 0 saturated carbocycles. The van der Waals surface area contributed by atoms with Gasteiger partial charge in [0.05, 0.1) is 0 Å². The number of halogens is 1. The zero-order valence-electron chi connectivity index (χ0n) is 43.1. The maximum absolute atomic E-state index is 8.74. The first kappa shape index (κ1) is 136. The van der Waals surface area contributed by atoms with Crippen LogP contribution in [0.25, 0.3) is 0 Å². The average molecular weight is 914 g/mol. The molecule has 0 aliphatic heterocycles. The van der Waals surface area contributed by atoms with Crippen molar-refractivity contribution in [2.75, 3.05) is 0 Å². The summed E-state index contributed by atoms with van der Waals surface area (Å²) in [5.74, 6) is 0. The summed E-state index contributed by atoms with van der Waals surface area (Å²) in [4.78, 5) is 57.3. The van der Waals surface area contributed by atoms with Gasteiger partial charge in [-0.25, -0.2) is 0 Å². The van der Waals surface area contributed by atoms with Gasteiger partial charge in [0, 0.05) is 0 Å². The zero-order chi connectivity index (χ0) is 14.3. The minimum Gasteiger partial charge on any atom is -1.00 e. The van der Waals surface area contributed by atoms with Crippen LogP contribution in [0.3, 0.4) is 0 Å². The van der Waals surface area contributed by atoms with E-state index in [0.29, 0.717) is 0 Å². The Bertz CT molecular complexity index is 252. The van der Waals surface area contributed by atoms with E-state index in [2.05, 4.69) is 0 Å². The van der Waals surface area contributed by atoms with Crippen molar-refractivity contribution < 1.29 is 159 Å². The van der Waals surface area contributed by atoms with Crippen molar-refractivity contribution in [3.63, 3.8) is 0 Å². The summed E-state index contributed by atoms with van der Waals surface area (Å²) in [6, 6.07) is 0. The second-order valence-electron chi connectivity index (χ2n) is 1.13. The standard InChI is InChI=1S/12Ca.FH.K.4H2O3Si.2H2O.25H/c;;;;;;;;;;;;;;4*1-4(2)3;;;;;;;;;;;;;;;;;;;;;;;;;;;/h;;;;;;;;;;;;1H;;4*1-2H;2*1H2;;;;;;;;;;;;;;;;;;;;;;;;;/q12*+2;;+1;;;;;;;25*-1. The van der Waals surface area contributed by atoms with Crippen LogP contribution in [0.4, 0.5) is 4.70 Å². The predicted molar refractivity (Wildman–Crippen MR) is 150 cm³/mol. The van der Waals surface area contributed by atoms with E-state index in [9.17, 15) is 0 Å². The van der Waals surface area contributed by atoms with Gasteiger partial charge in [-0.2, -0.15) is 0 Å². The molecule has 0 aromatic heterocycles. The van der Waals surface area contributed by atoms with E-state index in [1.807, 2.05) is 0 Å². The molecule has 0 aliphatic rings. The maximum Gasteiger partial charge on any atom is 2.00 e. The zero-order valence-corrected chi connectivity index (χ0v) is 51.7. The molecule has 0 fully saturated rings. The Morgan fingerprint density at radius 1 is 0.344 bits per heavy atom. The molecule has 0 amide bonds. The molecule has 32 heteroatoms. The Balaban J connectivity index is -0.000000000632. The molecule has 0 heterocycles. The fourth-order valence-electron chi connectivity index (χ4n) is 0. The normalized spacial score (nSPS) is 3.00. The SMILES string of the molecule is F.O.O.O=[Si](O)O.O=[Si](O)O.O=[Si](O)O.O=[Si](O)O.[Ca+2].[Ca+2].[Ca+2].[Ca+2].[Ca+2].[Ca+2].[Ca+2].[Ca+2].[Ca+2].[Ca+2].[Ca+2].[Ca+2].[H-].[H-].[H-].[H-].[H-].[H-].[H-].[H-].[H-].[H-].[H-].[H-].[H-].[H-].[H-].[H-].[H-].[H-].[H-].[H-].[H-].[H-].[H-].[H-].[H-].[K+]. The van der Waals surface area contributed by atoms with Gasteiger partial charge < -0.3 is 85.0 Å². The van der Waals surface area contributed by atoms with Crippen molar-refractivity contribution in [3.05, 3.63) is 0 Å². The largest absolute Gasteiger partial charge is 2.00 e. The van der Waals surface area contributed by atoms with Gasteiger partial charge in [0.25, 0.3) is 0 Å². The summed E-state index contributed by atoms with van der Waals surface area (Å²) in [5, 5.41) is 0. The van der Waals surface area contributed by atoms with Crippen molar-refractivity contribution in [1.82, 2.24) is 0 Å². The molecule has 0 aliphatic carbocycles. The molecule has 32 heavy (non-hydrogen) atoms. The topological polar surface area (TPSA) is 293 Å². The van der Waals surface area contributed by atoms with E-state index in [4.69, 9.17) is 56.2 Å². The number of hydrogen-bond donors (Lipinski definition) is 8. The van der Waals surface area contributed by atoms with Crippen molar-refractivity contribution in [2.24, 2.45) is 0 Å². The molecule has 0 spiro atoms. The number of rotatable bonds is 0. The molecule has 0 rings (SSSR count). The molecule has 0 unspecified atom stereocenters. The molecule has 12 N–H and O–H groups in total. The first-order chi connectivity index (χ1) is 6.93. The third-order valence-electron chi connectivity index (χ3n) is 0. The molecule has 170 valence electrons. The van der Waals surface area contributed by atoms with E-state index >= 15 is 0 Å². The predicted octanol–water partition coefficient (Wildman–Crippen LogP) is -12.7. The molecular formula is H38Ca12FKO14Si4. The Labute approximate surface area is 629 Å². The third-order valence-corrected chi connectivity index (χ3v) is 0. The van der Waals surface area contributed by atoms with Crippen molar-refractivity contribution in [3.8, 4) is 0 Å². The van der Waals surface area contributed by atoms with Crippen LogP contribution in [0.15, 0.2) is 0 Å². The van der Waals surface area contributed by atoms with Crippen molar-refractivity contribution in [1.29, 1.82) is 0 Å². The fourth-order valence-corrected chi connectivity index (χ4v) is 0. The Hall–Kier alpha value is 15.1. The Morgan fingerprint density at radius 3 is 0.344 bits per heavy atom. The van der Waals surface area contributed by atoms with Crippen LogP contribution in [0.5, 0.6) is 0 Å². The summed E-state index contributed by atoms with van der Waals surface area (Å²) < 4.78 is 35.0. The molecule has 0 aromatic rings. The van der Waals surface area contributed by atoms with Gasteiger partial charge in [-0.1, -0.05) is 0 Å². The van der Waals surface area contributed by atoms with Crippen LogP contribution in [0.1, 0.15) is 35.7 Å². The van der Waals surface area contributed by atoms with E-state index in [0.717, 1.165) is 0 Å². The molecule has 0 aromatic carbocycles. The van der Waals surface area contributed by atoms with Crippen LogP contribution in [0.2, 0.25) is 0 Å². The van der Waals surface area contributed by atoms with E-state index < -0.39 is 36.7 Å². The quantitative estimate of drug-likeness (QED) is 0.105. The van der Waals surface area contributed by atoms with Gasteiger partial charge in [0.1, 0.15) is 0 Å². The minimum atomic E-state index is -3.13. The van der Waals surface area contributed by atoms with Gasteiger partial charge >= 0.3 is 541 Å². The molecular weight excluding hydrogens is 875 g/mol. The fraction of sp³-hybridized carbons (Fsp3) is 0. The molecule has 0 atom stereocenters. The van der Waals surface area contributed by atoms with Crippen LogP contribution < -0.4 is 51.4 Å². The maximum atomic E-state index is 8.74. The Morgan fingerprint density at radius 2 is 0.344 bits per heavy atom. The molecule has 0 radical (unpaired) electrons. The van der Waals surface area contributed by atoms with Crippen molar-refractivity contribution >= 4 is 490 Å². The van der Waals surface area contributed by atoms with Crippen LogP contribution >= 0.6 is 0 Å². The second-order valence-corrected chi connectivity index (χ2v) is 3.39. The molecule has 0 bridgehead atoms. The summed E-state index contributed by atoms with van der Waals surface area (Å²) in [6.07, 6.45) is 0. The van der Waals surface area contributed by atoms with Gasteiger partial charge in [0.2, 0.25) is 0 Å². The first-order valence-corrected chi connectivity index (χ1v) is 7.82. The molecule has 14 nitrogen and oxygen atoms in total. The van der Waals surface area contributed by atoms with Crippen LogP contribution in [0, 0.1) is 0 Å². The molecule has 0 saturated heterocycles. The van der Waals surface area contributed by atoms with Crippen molar-refractivity contribution in [2.45, 2.75) is 0 Å². The van der Waals surface area contributed by atoms with E-state index in [1.54, 1.807) is 0 Å². The first-order valence-electron chi connectivity index (χ1n) is 2.61. The van der Waals surface area contributed by atoms with Gasteiger partial charge in [-0.15, -0.1) is 0 Å². The van der Waals surface area contributed by atoms with Gasteiger partial charge in [-0.05, 0) is 0 Å². The Kier molecular flexibility index (Phi) is 544. The van der Waals surface area contributed by atoms with E-state index in [-0.39, 0.29) is 556 Å².